The predicted molar refractivity (Wildman–Crippen MR) is 48.7 cm³/mol. The van der Waals surface area contributed by atoms with Crippen LogP contribution in [0.5, 0.6) is 0 Å². The highest BCUT2D eigenvalue weighted by atomic mass is 16.3. The Morgan fingerprint density at radius 3 is 2.67 bits per heavy atom. The molecule has 2 N–H and O–H groups in total. The summed E-state index contributed by atoms with van der Waals surface area (Å²) in [6.45, 7) is 7.07. The molecule has 0 fully saturated rings. The van der Waals surface area contributed by atoms with Crippen LogP contribution in [0.15, 0.2) is 12.7 Å². The van der Waals surface area contributed by atoms with E-state index in [9.17, 15) is 4.79 Å². The Balaban J connectivity index is 3.53. The van der Waals surface area contributed by atoms with Crippen molar-refractivity contribution in [2.45, 2.75) is 38.8 Å². The molecule has 0 radical (unpaired) electrons. The summed E-state index contributed by atoms with van der Waals surface area (Å²) in [5.74, 6) is -0.0386. The van der Waals surface area contributed by atoms with Crippen molar-refractivity contribution in [3.8, 4) is 0 Å². The molecule has 1 amide bonds. The third kappa shape index (κ3) is 5.92. The summed E-state index contributed by atoms with van der Waals surface area (Å²) in [7, 11) is 0. The van der Waals surface area contributed by atoms with Crippen LogP contribution in [-0.2, 0) is 4.79 Å². The molecule has 0 heterocycles. The third-order valence-corrected chi connectivity index (χ3v) is 1.53. The van der Waals surface area contributed by atoms with Crippen LogP contribution >= 0.6 is 0 Å². The van der Waals surface area contributed by atoms with Gasteiger partial charge < -0.3 is 10.4 Å². The van der Waals surface area contributed by atoms with Crippen molar-refractivity contribution >= 4 is 5.91 Å². The summed E-state index contributed by atoms with van der Waals surface area (Å²) in [5, 5.41) is 11.6. The highest BCUT2D eigenvalue weighted by Crippen LogP contribution is 1.95. The Kier molecular flexibility index (Phi) is 5.37. The molecule has 0 spiro atoms. The lowest BCUT2D eigenvalue weighted by Gasteiger charge is -2.09. The van der Waals surface area contributed by atoms with Gasteiger partial charge in [0, 0.05) is 12.5 Å². The van der Waals surface area contributed by atoms with Crippen molar-refractivity contribution in [3.05, 3.63) is 12.7 Å². The van der Waals surface area contributed by atoms with E-state index in [1.54, 1.807) is 13.0 Å². The molecular weight excluding hydrogens is 154 g/mol. The van der Waals surface area contributed by atoms with E-state index in [-0.39, 0.29) is 11.9 Å². The van der Waals surface area contributed by atoms with Crippen LogP contribution < -0.4 is 5.32 Å². The van der Waals surface area contributed by atoms with Gasteiger partial charge in [0.2, 0.25) is 5.91 Å². The van der Waals surface area contributed by atoms with Gasteiger partial charge in [-0.15, -0.1) is 6.58 Å². The SMILES string of the molecule is C=CC(C)NC(=O)CCC(C)O. The second kappa shape index (κ2) is 5.77. The molecule has 0 aromatic carbocycles. The number of aliphatic hydroxyl groups is 1. The minimum atomic E-state index is -0.408. The molecule has 0 aliphatic heterocycles. The van der Waals surface area contributed by atoms with Crippen molar-refractivity contribution in [3.63, 3.8) is 0 Å². The summed E-state index contributed by atoms with van der Waals surface area (Å²) in [4.78, 5) is 11.0. The third-order valence-electron chi connectivity index (χ3n) is 1.53. The molecule has 3 nitrogen and oxygen atoms in total. The minimum absolute atomic E-state index is 0.00602. The lowest BCUT2D eigenvalue weighted by molar-refractivity contribution is -0.121. The average molecular weight is 171 g/mol. The van der Waals surface area contributed by atoms with Gasteiger partial charge in [-0.25, -0.2) is 0 Å². The van der Waals surface area contributed by atoms with E-state index in [1.165, 1.54) is 0 Å². The van der Waals surface area contributed by atoms with Gasteiger partial charge in [0.15, 0.2) is 0 Å². The van der Waals surface area contributed by atoms with Gasteiger partial charge in [-0.1, -0.05) is 6.08 Å². The summed E-state index contributed by atoms with van der Waals surface area (Å²) in [6, 6.07) is 0.00602. The molecule has 0 aliphatic rings. The van der Waals surface area contributed by atoms with Crippen molar-refractivity contribution < 1.29 is 9.90 Å². The van der Waals surface area contributed by atoms with E-state index in [4.69, 9.17) is 5.11 Å². The van der Waals surface area contributed by atoms with Gasteiger partial charge in [0.25, 0.3) is 0 Å². The van der Waals surface area contributed by atoms with Crippen LogP contribution in [-0.4, -0.2) is 23.2 Å². The number of carbonyl (C=O) groups is 1. The fourth-order valence-corrected chi connectivity index (χ4v) is 0.725. The van der Waals surface area contributed by atoms with Gasteiger partial charge >= 0.3 is 0 Å². The van der Waals surface area contributed by atoms with Crippen LogP contribution in [0.3, 0.4) is 0 Å². The molecule has 12 heavy (non-hydrogen) atoms. The van der Waals surface area contributed by atoms with Gasteiger partial charge in [-0.2, -0.15) is 0 Å². The molecular formula is C9H17NO2. The maximum absolute atomic E-state index is 11.0. The minimum Gasteiger partial charge on any atom is -0.393 e. The highest BCUT2D eigenvalue weighted by molar-refractivity contribution is 5.76. The van der Waals surface area contributed by atoms with Crippen molar-refractivity contribution in [1.82, 2.24) is 5.32 Å². The largest absolute Gasteiger partial charge is 0.393 e. The number of amides is 1. The van der Waals surface area contributed by atoms with Crippen LogP contribution in [0.4, 0.5) is 0 Å². The molecule has 0 aromatic heterocycles. The summed E-state index contributed by atoms with van der Waals surface area (Å²) in [6.07, 6.45) is 2.14. The molecule has 3 heteroatoms. The molecule has 0 saturated carbocycles. The lowest BCUT2D eigenvalue weighted by atomic mass is 10.2. The first-order valence-corrected chi connectivity index (χ1v) is 4.16. The fraction of sp³-hybridized carbons (Fsp3) is 0.667. The molecule has 0 bridgehead atoms. The number of hydrogen-bond donors (Lipinski definition) is 2. The summed E-state index contributed by atoms with van der Waals surface area (Å²) >= 11 is 0. The van der Waals surface area contributed by atoms with E-state index in [0.29, 0.717) is 12.8 Å². The predicted octanol–water partition coefficient (Wildman–Crippen LogP) is 0.838. The zero-order chi connectivity index (χ0) is 9.56. The van der Waals surface area contributed by atoms with E-state index < -0.39 is 6.10 Å². The average Bonchev–Trinajstić information content (AvgIpc) is 2.00. The van der Waals surface area contributed by atoms with Gasteiger partial charge in [-0.05, 0) is 20.3 Å². The Labute approximate surface area is 73.5 Å². The number of rotatable bonds is 5. The van der Waals surface area contributed by atoms with Crippen LogP contribution in [0.25, 0.3) is 0 Å². The molecule has 0 saturated heterocycles. The smallest absolute Gasteiger partial charge is 0.220 e. The van der Waals surface area contributed by atoms with Gasteiger partial charge in [0.05, 0.1) is 6.10 Å². The number of nitrogens with one attached hydrogen (secondary N) is 1. The Bertz CT molecular complexity index is 155. The van der Waals surface area contributed by atoms with Crippen molar-refractivity contribution in [2.24, 2.45) is 0 Å². The quantitative estimate of drug-likeness (QED) is 0.602. The molecule has 0 aliphatic carbocycles. The van der Waals surface area contributed by atoms with Crippen LogP contribution in [0.1, 0.15) is 26.7 Å². The Morgan fingerprint density at radius 2 is 2.25 bits per heavy atom. The van der Waals surface area contributed by atoms with Crippen LogP contribution in [0.2, 0.25) is 0 Å². The second-order valence-corrected chi connectivity index (χ2v) is 2.98. The zero-order valence-corrected chi connectivity index (χ0v) is 7.71. The van der Waals surface area contributed by atoms with Crippen LogP contribution in [0, 0.1) is 0 Å². The molecule has 2 atom stereocenters. The molecule has 0 aromatic rings. The standard InChI is InChI=1S/C9H17NO2/c1-4-7(2)10-9(12)6-5-8(3)11/h4,7-8,11H,1,5-6H2,2-3H3,(H,10,12). The monoisotopic (exact) mass is 171 g/mol. The van der Waals surface area contributed by atoms with E-state index in [2.05, 4.69) is 11.9 Å². The summed E-state index contributed by atoms with van der Waals surface area (Å²) < 4.78 is 0. The summed E-state index contributed by atoms with van der Waals surface area (Å²) in [5.41, 5.74) is 0. The van der Waals surface area contributed by atoms with Gasteiger partial charge in [-0.3, -0.25) is 4.79 Å². The van der Waals surface area contributed by atoms with Crippen molar-refractivity contribution in [2.75, 3.05) is 0 Å². The Hall–Kier alpha value is -0.830. The highest BCUT2D eigenvalue weighted by Gasteiger charge is 2.05. The first-order chi connectivity index (χ1) is 5.56. The Morgan fingerprint density at radius 1 is 1.67 bits per heavy atom. The molecule has 2 unspecified atom stereocenters. The maximum Gasteiger partial charge on any atom is 0.220 e. The van der Waals surface area contributed by atoms with E-state index in [0.717, 1.165) is 0 Å². The lowest BCUT2D eigenvalue weighted by Crippen LogP contribution is -2.31. The maximum atomic E-state index is 11.0. The number of carbonyl (C=O) groups excluding carboxylic acids is 1. The van der Waals surface area contributed by atoms with E-state index >= 15 is 0 Å². The topological polar surface area (TPSA) is 49.3 Å². The number of aliphatic hydroxyl groups excluding tert-OH is 1. The van der Waals surface area contributed by atoms with Gasteiger partial charge in [0.1, 0.15) is 0 Å². The van der Waals surface area contributed by atoms with Crippen molar-refractivity contribution in [1.29, 1.82) is 0 Å². The normalized spacial score (nSPS) is 14.9. The number of hydrogen-bond acceptors (Lipinski definition) is 2. The first kappa shape index (κ1) is 11.2. The fourth-order valence-electron chi connectivity index (χ4n) is 0.725. The first-order valence-electron chi connectivity index (χ1n) is 4.16. The second-order valence-electron chi connectivity index (χ2n) is 2.98. The molecule has 70 valence electrons. The van der Waals surface area contributed by atoms with E-state index in [1.807, 2.05) is 6.92 Å². The molecule has 0 rings (SSSR count). The zero-order valence-electron chi connectivity index (χ0n) is 7.71.